The Morgan fingerprint density at radius 1 is 1.38 bits per heavy atom. The largest absolute Gasteiger partial charge is 0.489 e. The van der Waals surface area contributed by atoms with Crippen LogP contribution in [0.4, 0.5) is 4.39 Å². The Labute approximate surface area is 127 Å². The van der Waals surface area contributed by atoms with Crippen molar-refractivity contribution in [3.05, 3.63) is 30.1 Å². The Kier molecular flexibility index (Phi) is 7.60. The highest BCUT2D eigenvalue weighted by Gasteiger charge is 2.09. The van der Waals surface area contributed by atoms with Gasteiger partial charge in [-0.2, -0.15) is 11.8 Å². The summed E-state index contributed by atoms with van der Waals surface area (Å²) in [6.07, 6.45) is 0.328. The molecule has 2 amide bonds. The van der Waals surface area contributed by atoms with Crippen molar-refractivity contribution in [3.8, 4) is 5.75 Å². The van der Waals surface area contributed by atoms with E-state index in [2.05, 4.69) is 0 Å². The molecule has 116 valence electrons. The third-order valence-electron chi connectivity index (χ3n) is 2.65. The average Bonchev–Trinajstić information content (AvgIpc) is 2.45. The van der Waals surface area contributed by atoms with Crippen LogP contribution in [-0.2, 0) is 9.59 Å². The van der Waals surface area contributed by atoms with Gasteiger partial charge in [0.1, 0.15) is 6.61 Å². The monoisotopic (exact) mass is 314 g/mol. The molecule has 1 aromatic rings. The van der Waals surface area contributed by atoms with Crippen molar-refractivity contribution in [1.82, 2.24) is 4.90 Å². The van der Waals surface area contributed by atoms with Crippen LogP contribution in [0, 0.1) is 5.82 Å². The number of primary amides is 1. The molecule has 0 fully saturated rings. The molecule has 0 saturated carbocycles. The van der Waals surface area contributed by atoms with Crippen molar-refractivity contribution in [2.75, 3.05) is 31.7 Å². The van der Waals surface area contributed by atoms with Crippen LogP contribution in [0.25, 0.3) is 0 Å². The van der Waals surface area contributed by atoms with Crippen LogP contribution in [0.15, 0.2) is 24.3 Å². The Hall–Kier alpha value is -1.76. The molecular weight excluding hydrogens is 295 g/mol. The number of benzene rings is 1. The molecule has 1 aromatic carbocycles. The Bertz CT molecular complexity index is 485. The second-order valence-electron chi connectivity index (χ2n) is 4.36. The first-order chi connectivity index (χ1) is 10.0. The summed E-state index contributed by atoms with van der Waals surface area (Å²) < 4.78 is 18.6. The smallest absolute Gasteiger partial charge is 0.227 e. The van der Waals surface area contributed by atoms with Gasteiger partial charge in [-0.25, -0.2) is 4.39 Å². The molecule has 1 rings (SSSR count). The van der Waals surface area contributed by atoms with Crippen LogP contribution in [0.5, 0.6) is 5.75 Å². The zero-order chi connectivity index (χ0) is 15.7. The lowest BCUT2D eigenvalue weighted by molar-refractivity contribution is -0.129. The van der Waals surface area contributed by atoms with Gasteiger partial charge in [0, 0.05) is 19.2 Å². The van der Waals surface area contributed by atoms with Crippen LogP contribution < -0.4 is 10.5 Å². The SMILES string of the molecule is CN(CCOc1ccccc1F)C(=O)CCSCC(N)=O. The highest BCUT2D eigenvalue weighted by Crippen LogP contribution is 2.15. The highest BCUT2D eigenvalue weighted by atomic mass is 32.2. The summed E-state index contributed by atoms with van der Waals surface area (Å²) in [6, 6.07) is 6.13. The van der Waals surface area contributed by atoms with Crippen molar-refractivity contribution in [3.63, 3.8) is 0 Å². The summed E-state index contributed by atoms with van der Waals surface area (Å²) >= 11 is 1.33. The number of likely N-dealkylation sites (N-methyl/N-ethyl adjacent to an activating group) is 1. The normalized spacial score (nSPS) is 10.2. The molecule has 7 heteroatoms. The fraction of sp³-hybridized carbons (Fsp3) is 0.429. The number of carbonyl (C=O) groups is 2. The maximum absolute atomic E-state index is 13.3. The van der Waals surface area contributed by atoms with Gasteiger partial charge in [0.25, 0.3) is 0 Å². The summed E-state index contributed by atoms with van der Waals surface area (Å²) in [5, 5.41) is 0. The number of nitrogens with zero attached hydrogens (tertiary/aromatic N) is 1. The lowest BCUT2D eigenvalue weighted by atomic mass is 10.3. The Balaban J connectivity index is 2.21. The zero-order valence-corrected chi connectivity index (χ0v) is 12.7. The number of ether oxygens (including phenoxy) is 1. The third kappa shape index (κ3) is 6.99. The molecule has 0 aromatic heterocycles. The van der Waals surface area contributed by atoms with E-state index in [-0.39, 0.29) is 29.9 Å². The number of rotatable bonds is 9. The maximum Gasteiger partial charge on any atom is 0.227 e. The van der Waals surface area contributed by atoms with Gasteiger partial charge in [-0.1, -0.05) is 12.1 Å². The summed E-state index contributed by atoms with van der Waals surface area (Å²) in [4.78, 5) is 23.8. The van der Waals surface area contributed by atoms with E-state index in [1.54, 1.807) is 19.2 Å². The van der Waals surface area contributed by atoms with E-state index in [9.17, 15) is 14.0 Å². The molecule has 21 heavy (non-hydrogen) atoms. The van der Waals surface area contributed by atoms with Crippen molar-refractivity contribution in [1.29, 1.82) is 0 Å². The number of hydrogen-bond donors (Lipinski definition) is 1. The van der Waals surface area contributed by atoms with Gasteiger partial charge in [-0.05, 0) is 12.1 Å². The average molecular weight is 314 g/mol. The number of carbonyl (C=O) groups excluding carboxylic acids is 2. The maximum atomic E-state index is 13.3. The molecule has 0 aliphatic heterocycles. The first kappa shape index (κ1) is 17.3. The van der Waals surface area contributed by atoms with E-state index in [1.807, 2.05) is 0 Å². The standard InChI is InChI=1S/C14H19FN2O3S/c1-17(14(19)6-9-21-10-13(16)18)7-8-20-12-5-3-2-4-11(12)15/h2-5H,6-10H2,1H3,(H2,16,18). The molecule has 0 saturated heterocycles. The molecule has 0 unspecified atom stereocenters. The van der Waals surface area contributed by atoms with Gasteiger partial charge in [0.15, 0.2) is 11.6 Å². The van der Waals surface area contributed by atoms with Crippen LogP contribution >= 0.6 is 11.8 Å². The minimum absolute atomic E-state index is 0.0518. The van der Waals surface area contributed by atoms with Gasteiger partial charge in [-0.3, -0.25) is 9.59 Å². The quantitative estimate of drug-likeness (QED) is 0.697. The fourth-order valence-corrected chi connectivity index (χ4v) is 2.17. The highest BCUT2D eigenvalue weighted by molar-refractivity contribution is 7.99. The predicted octanol–water partition coefficient (Wildman–Crippen LogP) is 1.27. The second kappa shape index (κ2) is 9.23. The van der Waals surface area contributed by atoms with Crippen LogP contribution in [0.2, 0.25) is 0 Å². The minimum atomic E-state index is -0.422. The molecule has 0 radical (unpaired) electrons. The minimum Gasteiger partial charge on any atom is -0.489 e. The van der Waals surface area contributed by atoms with Crippen molar-refractivity contribution >= 4 is 23.6 Å². The lowest BCUT2D eigenvalue weighted by Crippen LogP contribution is -2.31. The van der Waals surface area contributed by atoms with E-state index >= 15 is 0 Å². The van der Waals surface area contributed by atoms with Gasteiger partial charge in [-0.15, -0.1) is 0 Å². The molecule has 5 nitrogen and oxygen atoms in total. The molecule has 0 aliphatic rings. The van der Waals surface area contributed by atoms with E-state index in [0.717, 1.165) is 0 Å². The van der Waals surface area contributed by atoms with E-state index in [4.69, 9.17) is 10.5 Å². The first-order valence-electron chi connectivity index (χ1n) is 6.48. The molecule has 0 heterocycles. The van der Waals surface area contributed by atoms with Gasteiger partial charge in [0.05, 0.1) is 12.3 Å². The summed E-state index contributed by atoms with van der Waals surface area (Å²) in [5.74, 6) is 0.0705. The van der Waals surface area contributed by atoms with Crippen molar-refractivity contribution < 1.29 is 18.7 Å². The molecule has 0 spiro atoms. The molecule has 2 N–H and O–H groups in total. The van der Waals surface area contributed by atoms with E-state index in [1.165, 1.54) is 28.8 Å². The summed E-state index contributed by atoms with van der Waals surface area (Å²) in [5.41, 5.74) is 5.00. The Morgan fingerprint density at radius 3 is 2.76 bits per heavy atom. The molecular formula is C14H19FN2O3S. The van der Waals surface area contributed by atoms with Crippen LogP contribution in [0.1, 0.15) is 6.42 Å². The molecule has 0 atom stereocenters. The summed E-state index contributed by atoms with van der Waals surface area (Å²) in [7, 11) is 1.66. The number of amides is 2. The third-order valence-corrected chi connectivity index (χ3v) is 3.63. The predicted molar refractivity (Wildman–Crippen MR) is 80.7 cm³/mol. The van der Waals surface area contributed by atoms with E-state index in [0.29, 0.717) is 18.7 Å². The van der Waals surface area contributed by atoms with Crippen LogP contribution in [0.3, 0.4) is 0 Å². The van der Waals surface area contributed by atoms with Gasteiger partial charge in [0.2, 0.25) is 11.8 Å². The van der Waals surface area contributed by atoms with Crippen LogP contribution in [-0.4, -0.2) is 48.4 Å². The number of nitrogens with two attached hydrogens (primary N) is 1. The topological polar surface area (TPSA) is 72.6 Å². The first-order valence-corrected chi connectivity index (χ1v) is 7.63. The van der Waals surface area contributed by atoms with Crippen molar-refractivity contribution in [2.45, 2.75) is 6.42 Å². The second-order valence-corrected chi connectivity index (χ2v) is 5.47. The Morgan fingerprint density at radius 2 is 2.10 bits per heavy atom. The van der Waals surface area contributed by atoms with Gasteiger partial charge >= 0.3 is 0 Å². The van der Waals surface area contributed by atoms with E-state index < -0.39 is 5.82 Å². The molecule has 0 bridgehead atoms. The number of hydrogen-bond acceptors (Lipinski definition) is 4. The molecule has 0 aliphatic carbocycles. The van der Waals surface area contributed by atoms with Gasteiger partial charge < -0.3 is 15.4 Å². The van der Waals surface area contributed by atoms with Crippen molar-refractivity contribution in [2.24, 2.45) is 5.73 Å². The summed E-state index contributed by atoms with van der Waals surface area (Å²) in [6.45, 7) is 0.589. The fourth-order valence-electron chi connectivity index (χ4n) is 1.50. The number of thioether (sulfide) groups is 1. The number of halogens is 1. The number of para-hydroxylation sites is 1. The zero-order valence-electron chi connectivity index (χ0n) is 11.9. The lowest BCUT2D eigenvalue weighted by Gasteiger charge is -2.17.